The van der Waals surface area contributed by atoms with E-state index in [9.17, 15) is 18.4 Å². The minimum atomic E-state index is -2.94. The van der Waals surface area contributed by atoms with E-state index in [2.05, 4.69) is 14.8 Å². The first-order chi connectivity index (χ1) is 10.4. The fourth-order valence-electron chi connectivity index (χ4n) is 1.66. The van der Waals surface area contributed by atoms with Crippen LogP contribution in [0.25, 0.3) is 6.08 Å². The number of methoxy groups -OCH3 is 1. The second-order valence-corrected chi connectivity index (χ2v) is 4.44. The molecule has 0 aliphatic heterocycles. The highest BCUT2D eigenvalue weighted by Gasteiger charge is 2.11. The molecule has 1 unspecified atom stereocenters. The van der Waals surface area contributed by atoms with Crippen LogP contribution < -0.4 is 10.1 Å². The molecule has 22 heavy (non-hydrogen) atoms. The molecule has 0 heterocycles. The Balaban J connectivity index is 2.64. The summed E-state index contributed by atoms with van der Waals surface area (Å²) in [6, 6.07) is 5.70. The van der Waals surface area contributed by atoms with E-state index in [0.29, 0.717) is 5.56 Å². The topological polar surface area (TPSA) is 64.6 Å². The van der Waals surface area contributed by atoms with Gasteiger partial charge in [-0.2, -0.15) is 8.78 Å². The predicted octanol–water partition coefficient (Wildman–Crippen LogP) is 2.37. The highest BCUT2D eigenvalue weighted by Crippen LogP contribution is 2.21. The standard InChI is InChI=1S/C15H17F2NO4/c1-10(9-14(20)21-2)18-13(19)8-7-11-5-3-4-6-12(11)22-15(16)17/h3-8,10,15H,9H2,1-2H3,(H,18,19)/b8-7+. The van der Waals surface area contributed by atoms with Gasteiger partial charge < -0.3 is 14.8 Å². The van der Waals surface area contributed by atoms with Crippen molar-refractivity contribution in [3.8, 4) is 5.75 Å². The Morgan fingerprint density at radius 3 is 2.64 bits per heavy atom. The maximum Gasteiger partial charge on any atom is 0.387 e. The third-order valence-electron chi connectivity index (χ3n) is 2.64. The average molecular weight is 313 g/mol. The zero-order valence-corrected chi connectivity index (χ0v) is 12.2. The summed E-state index contributed by atoms with van der Waals surface area (Å²) in [5, 5.41) is 2.56. The molecule has 1 amide bonds. The van der Waals surface area contributed by atoms with E-state index < -0.39 is 24.5 Å². The van der Waals surface area contributed by atoms with Crippen molar-refractivity contribution in [1.29, 1.82) is 0 Å². The third kappa shape index (κ3) is 6.34. The smallest absolute Gasteiger partial charge is 0.387 e. The van der Waals surface area contributed by atoms with Crippen molar-refractivity contribution in [2.75, 3.05) is 7.11 Å². The summed E-state index contributed by atoms with van der Waals surface area (Å²) in [7, 11) is 1.26. The quantitative estimate of drug-likeness (QED) is 0.620. The van der Waals surface area contributed by atoms with Gasteiger partial charge in [0, 0.05) is 17.7 Å². The molecule has 0 aliphatic carbocycles. The van der Waals surface area contributed by atoms with Gasteiger partial charge >= 0.3 is 12.6 Å². The van der Waals surface area contributed by atoms with Crippen molar-refractivity contribution in [3.63, 3.8) is 0 Å². The molecule has 1 aromatic rings. The number of ether oxygens (including phenoxy) is 2. The molecule has 120 valence electrons. The van der Waals surface area contributed by atoms with Crippen LogP contribution in [0.1, 0.15) is 18.9 Å². The van der Waals surface area contributed by atoms with Gasteiger partial charge in [-0.25, -0.2) is 0 Å². The van der Waals surface area contributed by atoms with Crippen molar-refractivity contribution in [2.45, 2.75) is 26.0 Å². The van der Waals surface area contributed by atoms with Gasteiger partial charge in [0.2, 0.25) is 5.91 Å². The lowest BCUT2D eigenvalue weighted by Crippen LogP contribution is -2.33. The number of alkyl halides is 2. The molecule has 1 atom stereocenters. The first kappa shape index (κ1) is 17.6. The van der Waals surface area contributed by atoms with Gasteiger partial charge in [-0.3, -0.25) is 9.59 Å². The van der Waals surface area contributed by atoms with Crippen molar-refractivity contribution in [1.82, 2.24) is 5.32 Å². The molecule has 0 aliphatic rings. The Bertz CT molecular complexity index is 546. The van der Waals surface area contributed by atoms with Crippen LogP contribution in [-0.4, -0.2) is 31.6 Å². The van der Waals surface area contributed by atoms with Crippen LogP contribution in [0, 0.1) is 0 Å². The second-order valence-electron chi connectivity index (χ2n) is 4.44. The third-order valence-corrected chi connectivity index (χ3v) is 2.64. The molecule has 0 saturated carbocycles. The molecule has 7 heteroatoms. The van der Waals surface area contributed by atoms with Crippen molar-refractivity contribution >= 4 is 18.0 Å². The van der Waals surface area contributed by atoms with E-state index in [1.165, 1.54) is 25.3 Å². The summed E-state index contributed by atoms with van der Waals surface area (Å²) < 4.78 is 33.4. The molecule has 0 bridgehead atoms. The SMILES string of the molecule is COC(=O)CC(C)NC(=O)/C=C/c1ccccc1OC(F)F. The van der Waals surface area contributed by atoms with E-state index in [4.69, 9.17) is 0 Å². The monoisotopic (exact) mass is 313 g/mol. The van der Waals surface area contributed by atoms with Crippen molar-refractivity contribution < 1.29 is 27.8 Å². The summed E-state index contributed by atoms with van der Waals surface area (Å²) in [4.78, 5) is 22.7. The van der Waals surface area contributed by atoms with Crippen molar-refractivity contribution in [2.24, 2.45) is 0 Å². The summed E-state index contributed by atoms with van der Waals surface area (Å²) in [5.74, 6) is -0.917. The molecule has 1 aromatic carbocycles. The van der Waals surface area contributed by atoms with Crippen LogP contribution in [0.3, 0.4) is 0 Å². The number of halogens is 2. The molecule has 1 rings (SSSR count). The van der Waals surface area contributed by atoms with Crippen LogP contribution in [0.5, 0.6) is 5.75 Å². The average Bonchev–Trinajstić information content (AvgIpc) is 2.45. The van der Waals surface area contributed by atoms with E-state index in [0.717, 1.165) is 0 Å². The van der Waals surface area contributed by atoms with E-state index in [1.807, 2.05) is 0 Å². The number of hydrogen-bond acceptors (Lipinski definition) is 4. The molecule has 0 spiro atoms. The number of carbonyl (C=O) groups excluding carboxylic acids is 2. The Hall–Kier alpha value is -2.44. The minimum absolute atomic E-state index is 0.0239. The number of esters is 1. The largest absolute Gasteiger partial charge is 0.469 e. The molecule has 5 nitrogen and oxygen atoms in total. The van der Waals surface area contributed by atoms with Gasteiger partial charge in [-0.15, -0.1) is 0 Å². The molecular formula is C15H17F2NO4. The van der Waals surface area contributed by atoms with Gasteiger partial charge in [0.25, 0.3) is 0 Å². The van der Waals surface area contributed by atoms with Gasteiger partial charge in [0.05, 0.1) is 13.5 Å². The van der Waals surface area contributed by atoms with Gasteiger partial charge in [-0.05, 0) is 19.1 Å². The Kier molecular flexibility index (Phi) is 7.01. The predicted molar refractivity (Wildman–Crippen MR) is 76.3 cm³/mol. The normalized spacial score (nSPS) is 12.2. The first-order valence-corrected chi connectivity index (χ1v) is 6.51. The lowest BCUT2D eigenvalue weighted by atomic mass is 10.2. The Morgan fingerprint density at radius 1 is 1.32 bits per heavy atom. The summed E-state index contributed by atoms with van der Waals surface area (Å²) in [5.41, 5.74) is 0.346. The van der Waals surface area contributed by atoms with E-state index >= 15 is 0 Å². The Morgan fingerprint density at radius 2 is 2.00 bits per heavy atom. The number of nitrogens with one attached hydrogen (secondary N) is 1. The number of carbonyl (C=O) groups is 2. The summed E-state index contributed by atoms with van der Waals surface area (Å²) >= 11 is 0. The zero-order valence-electron chi connectivity index (χ0n) is 12.2. The van der Waals surface area contributed by atoms with Crippen molar-refractivity contribution in [3.05, 3.63) is 35.9 Å². The van der Waals surface area contributed by atoms with Crippen LogP contribution in [-0.2, 0) is 14.3 Å². The highest BCUT2D eigenvalue weighted by molar-refractivity contribution is 5.92. The lowest BCUT2D eigenvalue weighted by Gasteiger charge is -2.11. The molecule has 0 radical (unpaired) electrons. The van der Waals surface area contributed by atoms with E-state index in [-0.39, 0.29) is 12.2 Å². The molecule has 0 aromatic heterocycles. The fourth-order valence-corrected chi connectivity index (χ4v) is 1.66. The van der Waals surface area contributed by atoms with Crippen LogP contribution in [0.4, 0.5) is 8.78 Å². The number of rotatable bonds is 7. The number of amides is 1. The first-order valence-electron chi connectivity index (χ1n) is 6.51. The van der Waals surface area contributed by atoms with Gasteiger partial charge in [0.15, 0.2) is 0 Å². The maximum atomic E-state index is 12.3. The van der Waals surface area contributed by atoms with E-state index in [1.54, 1.807) is 25.1 Å². The van der Waals surface area contributed by atoms with Crippen LogP contribution >= 0.6 is 0 Å². The molecule has 1 N–H and O–H groups in total. The number of benzene rings is 1. The molecule has 0 fully saturated rings. The van der Waals surface area contributed by atoms with Gasteiger partial charge in [-0.1, -0.05) is 18.2 Å². The maximum absolute atomic E-state index is 12.3. The lowest BCUT2D eigenvalue weighted by molar-refractivity contribution is -0.141. The van der Waals surface area contributed by atoms with Gasteiger partial charge in [0.1, 0.15) is 5.75 Å². The van der Waals surface area contributed by atoms with Crippen LogP contribution in [0.2, 0.25) is 0 Å². The van der Waals surface area contributed by atoms with Crippen LogP contribution in [0.15, 0.2) is 30.3 Å². The number of para-hydroxylation sites is 1. The fraction of sp³-hybridized carbons (Fsp3) is 0.333. The molecule has 0 saturated heterocycles. The highest BCUT2D eigenvalue weighted by atomic mass is 19.3. The summed E-state index contributed by atoms with van der Waals surface area (Å²) in [6.45, 7) is -1.29. The second kappa shape index (κ2) is 8.76. The summed E-state index contributed by atoms with van der Waals surface area (Å²) in [6.07, 6.45) is 2.58. The molecular weight excluding hydrogens is 296 g/mol. The zero-order chi connectivity index (χ0) is 16.5. The number of hydrogen-bond donors (Lipinski definition) is 1. The Labute approximate surface area is 126 Å². The minimum Gasteiger partial charge on any atom is -0.469 e.